The molecule has 0 radical (unpaired) electrons. The summed E-state index contributed by atoms with van der Waals surface area (Å²) in [7, 11) is 0. The maximum Gasteiger partial charge on any atom is 0.231 e. The minimum Gasteiger partial charge on any atom is -0.454 e. The van der Waals surface area contributed by atoms with Crippen molar-refractivity contribution in [1.29, 1.82) is 0 Å². The number of benzene rings is 1. The number of amides is 1. The summed E-state index contributed by atoms with van der Waals surface area (Å²) in [6.07, 6.45) is 6.49. The molecule has 2 aliphatic rings. The Morgan fingerprint density at radius 1 is 1.12 bits per heavy atom. The lowest BCUT2D eigenvalue weighted by molar-refractivity contribution is -0.121. The summed E-state index contributed by atoms with van der Waals surface area (Å²) in [6, 6.07) is 5.82. The Kier molecular flexibility index (Phi) is 5.04. The summed E-state index contributed by atoms with van der Waals surface area (Å²) < 4.78 is 12.9. The third-order valence-corrected chi connectivity index (χ3v) is 4.93. The molecule has 2 aliphatic heterocycles. The molecule has 1 N–H and O–H groups in total. The molecule has 4 rings (SSSR count). The lowest BCUT2D eigenvalue weighted by Gasteiger charge is -2.08. The molecule has 0 aliphatic carbocycles. The van der Waals surface area contributed by atoms with E-state index >= 15 is 0 Å². The highest BCUT2D eigenvalue weighted by Crippen LogP contribution is 2.32. The standard InChI is InChI=1S/C19H24N4O3/c24-19(8-6-14-5-7-15-16(12-14)26-13-25-15)20-10-9-18-22-21-17-4-2-1-3-11-23(17)18/h5,7,12H,1-4,6,8-11,13H2,(H,20,24). The van der Waals surface area contributed by atoms with Crippen LogP contribution in [0.3, 0.4) is 0 Å². The van der Waals surface area contributed by atoms with Gasteiger partial charge in [-0.3, -0.25) is 4.79 Å². The molecule has 7 nitrogen and oxygen atoms in total. The molecule has 2 aromatic rings. The third kappa shape index (κ3) is 3.81. The van der Waals surface area contributed by atoms with Crippen LogP contribution in [-0.2, 0) is 30.6 Å². The minimum atomic E-state index is 0.0540. The van der Waals surface area contributed by atoms with E-state index in [1.165, 1.54) is 19.3 Å². The number of nitrogens with one attached hydrogen (secondary N) is 1. The first-order valence-electron chi connectivity index (χ1n) is 9.36. The molecular formula is C19H24N4O3. The van der Waals surface area contributed by atoms with Crippen LogP contribution in [0.15, 0.2) is 18.2 Å². The van der Waals surface area contributed by atoms with Crippen molar-refractivity contribution < 1.29 is 14.3 Å². The van der Waals surface area contributed by atoms with Crippen LogP contribution in [0, 0.1) is 0 Å². The highest BCUT2D eigenvalue weighted by molar-refractivity contribution is 5.76. The molecule has 1 aromatic heterocycles. The molecule has 7 heteroatoms. The molecule has 0 atom stereocenters. The topological polar surface area (TPSA) is 78.3 Å². The summed E-state index contributed by atoms with van der Waals surface area (Å²) in [5.74, 6) is 3.66. The summed E-state index contributed by atoms with van der Waals surface area (Å²) in [5.41, 5.74) is 1.08. The molecule has 0 spiro atoms. The SMILES string of the molecule is O=C(CCc1ccc2c(c1)OCO2)NCCc1nnc2n1CCCCC2. The van der Waals surface area contributed by atoms with Gasteiger partial charge in [-0.1, -0.05) is 12.5 Å². The number of hydrogen-bond donors (Lipinski definition) is 1. The monoisotopic (exact) mass is 356 g/mol. The molecule has 0 saturated carbocycles. The van der Waals surface area contributed by atoms with Crippen LogP contribution in [-0.4, -0.2) is 34.0 Å². The van der Waals surface area contributed by atoms with Gasteiger partial charge in [-0.15, -0.1) is 10.2 Å². The van der Waals surface area contributed by atoms with Crippen LogP contribution in [0.5, 0.6) is 11.5 Å². The number of fused-ring (bicyclic) bond motifs is 2. The highest BCUT2D eigenvalue weighted by Gasteiger charge is 2.15. The van der Waals surface area contributed by atoms with Crippen molar-refractivity contribution in [2.24, 2.45) is 0 Å². The van der Waals surface area contributed by atoms with Gasteiger partial charge in [0.1, 0.15) is 11.6 Å². The zero-order chi connectivity index (χ0) is 17.8. The predicted molar refractivity (Wildman–Crippen MR) is 95.2 cm³/mol. The molecule has 0 saturated heterocycles. The van der Waals surface area contributed by atoms with Crippen molar-refractivity contribution in [3.05, 3.63) is 35.4 Å². The fourth-order valence-corrected chi connectivity index (χ4v) is 3.49. The zero-order valence-corrected chi connectivity index (χ0v) is 14.9. The van der Waals surface area contributed by atoms with Crippen molar-refractivity contribution in [1.82, 2.24) is 20.1 Å². The fourth-order valence-electron chi connectivity index (χ4n) is 3.49. The Morgan fingerprint density at radius 3 is 3.00 bits per heavy atom. The van der Waals surface area contributed by atoms with E-state index in [2.05, 4.69) is 20.1 Å². The van der Waals surface area contributed by atoms with Gasteiger partial charge in [-0.25, -0.2) is 0 Å². The van der Waals surface area contributed by atoms with Crippen LogP contribution in [0.25, 0.3) is 0 Å². The zero-order valence-electron chi connectivity index (χ0n) is 14.9. The fraction of sp³-hybridized carbons (Fsp3) is 0.526. The van der Waals surface area contributed by atoms with Crippen LogP contribution < -0.4 is 14.8 Å². The first kappa shape index (κ1) is 16.9. The second-order valence-electron chi connectivity index (χ2n) is 6.78. The van der Waals surface area contributed by atoms with E-state index in [0.717, 1.165) is 48.1 Å². The van der Waals surface area contributed by atoms with Gasteiger partial charge in [0.05, 0.1) is 0 Å². The van der Waals surface area contributed by atoms with E-state index in [9.17, 15) is 4.79 Å². The van der Waals surface area contributed by atoms with Crippen molar-refractivity contribution in [3.8, 4) is 11.5 Å². The average Bonchev–Trinajstić information content (AvgIpc) is 3.20. The van der Waals surface area contributed by atoms with Crippen LogP contribution in [0.2, 0.25) is 0 Å². The van der Waals surface area contributed by atoms with Crippen molar-refractivity contribution in [2.45, 2.75) is 51.5 Å². The first-order chi connectivity index (χ1) is 12.8. The van der Waals surface area contributed by atoms with Crippen LogP contribution in [0.4, 0.5) is 0 Å². The quantitative estimate of drug-likeness (QED) is 0.857. The molecular weight excluding hydrogens is 332 g/mol. The maximum atomic E-state index is 12.1. The molecule has 0 unspecified atom stereocenters. The van der Waals surface area contributed by atoms with E-state index < -0.39 is 0 Å². The molecule has 1 aromatic carbocycles. The first-order valence-corrected chi connectivity index (χ1v) is 9.36. The van der Waals surface area contributed by atoms with Gasteiger partial charge >= 0.3 is 0 Å². The van der Waals surface area contributed by atoms with Gasteiger partial charge in [-0.2, -0.15) is 0 Å². The van der Waals surface area contributed by atoms with Gasteiger partial charge in [-0.05, 0) is 37.0 Å². The normalized spacial score (nSPS) is 15.4. The van der Waals surface area contributed by atoms with Crippen LogP contribution >= 0.6 is 0 Å². The number of nitrogens with zero attached hydrogens (tertiary/aromatic N) is 3. The Labute approximate surface area is 152 Å². The van der Waals surface area contributed by atoms with Gasteiger partial charge < -0.3 is 19.4 Å². The Hall–Kier alpha value is -2.57. The maximum absolute atomic E-state index is 12.1. The lowest BCUT2D eigenvalue weighted by Crippen LogP contribution is -2.26. The van der Waals surface area contributed by atoms with E-state index in [1.807, 2.05) is 18.2 Å². The van der Waals surface area contributed by atoms with E-state index in [4.69, 9.17) is 9.47 Å². The molecule has 0 bridgehead atoms. The number of carbonyl (C=O) groups is 1. The number of ether oxygens (including phenoxy) is 2. The molecule has 3 heterocycles. The van der Waals surface area contributed by atoms with Gasteiger partial charge in [0.15, 0.2) is 11.5 Å². The van der Waals surface area contributed by atoms with E-state index in [0.29, 0.717) is 19.4 Å². The van der Waals surface area contributed by atoms with Gasteiger partial charge in [0.2, 0.25) is 12.7 Å². The van der Waals surface area contributed by atoms with Crippen molar-refractivity contribution >= 4 is 5.91 Å². The summed E-state index contributed by atoms with van der Waals surface area (Å²) in [5, 5.41) is 11.6. The molecule has 1 amide bonds. The molecule has 138 valence electrons. The minimum absolute atomic E-state index is 0.0540. The Bertz CT molecular complexity index is 787. The van der Waals surface area contributed by atoms with Gasteiger partial charge in [0, 0.05) is 32.4 Å². The molecule has 26 heavy (non-hydrogen) atoms. The number of aromatic nitrogens is 3. The van der Waals surface area contributed by atoms with Gasteiger partial charge in [0.25, 0.3) is 0 Å². The van der Waals surface area contributed by atoms with Crippen LogP contribution in [0.1, 0.15) is 42.9 Å². The highest BCUT2D eigenvalue weighted by atomic mass is 16.7. The lowest BCUT2D eigenvalue weighted by atomic mass is 10.1. The summed E-state index contributed by atoms with van der Waals surface area (Å²) in [6.45, 7) is 1.86. The number of hydrogen-bond acceptors (Lipinski definition) is 5. The second kappa shape index (κ2) is 7.76. The number of carbonyl (C=O) groups excluding carboxylic acids is 1. The summed E-state index contributed by atoms with van der Waals surface area (Å²) in [4.78, 5) is 12.1. The number of rotatable bonds is 6. The number of aryl methyl sites for hydroxylation is 2. The smallest absolute Gasteiger partial charge is 0.231 e. The van der Waals surface area contributed by atoms with Crippen molar-refractivity contribution in [2.75, 3.05) is 13.3 Å². The van der Waals surface area contributed by atoms with Crippen molar-refractivity contribution in [3.63, 3.8) is 0 Å². The Balaban J connectivity index is 1.23. The third-order valence-electron chi connectivity index (χ3n) is 4.93. The Morgan fingerprint density at radius 2 is 2.04 bits per heavy atom. The summed E-state index contributed by atoms with van der Waals surface area (Å²) >= 11 is 0. The average molecular weight is 356 g/mol. The predicted octanol–water partition coefficient (Wildman–Crippen LogP) is 2.02. The van der Waals surface area contributed by atoms with E-state index in [-0.39, 0.29) is 12.7 Å². The van der Waals surface area contributed by atoms with E-state index in [1.54, 1.807) is 0 Å². The largest absolute Gasteiger partial charge is 0.454 e. The molecule has 0 fully saturated rings. The second-order valence-corrected chi connectivity index (χ2v) is 6.78.